The molecule has 7 nitrogen and oxygen atoms in total. The monoisotopic (exact) mass is 567 g/mol. The van der Waals surface area contributed by atoms with Gasteiger partial charge in [-0.3, -0.25) is 9.59 Å². The maximum Gasteiger partial charge on any atom is 0.309 e. The lowest BCUT2D eigenvalue weighted by Crippen LogP contribution is -2.53. The summed E-state index contributed by atoms with van der Waals surface area (Å²) in [4.78, 5) is 33.3. The van der Waals surface area contributed by atoms with Gasteiger partial charge >= 0.3 is 11.9 Å². The average Bonchev–Trinajstić information content (AvgIpc) is 2.92. The summed E-state index contributed by atoms with van der Waals surface area (Å²) in [5.74, 6) is -3.07. The van der Waals surface area contributed by atoms with E-state index in [9.17, 15) is 19.5 Å². The molecule has 0 heterocycles. The third-order valence-electron chi connectivity index (χ3n) is 8.03. The van der Waals surface area contributed by atoms with Gasteiger partial charge in [-0.25, -0.2) is 0 Å². The van der Waals surface area contributed by atoms with E-state index in [2.05, 4.69) is 19.1 Å². The molecule has 0 spiro atoms. The van der Waals surface area contributed by atoms with Crippen molar-refractivity contribution in [1.82, 2.24) is 0 Å². The molecular weight excluding hydrogens is 506 g/mol. The number of rotatable bonds is 31. The van der Waals surface area contributed by atoms with Crippen LogP contribution in [0.5, 0.6) is 0 Å². The standard InChI is InChI=1S/C33H61NO6/c1-2-3-4-5-6-7-8-9-10-11-12-13-14-15-16-17-18-19-20-21-22-23-27-34(28-24-31(35)36,29-25-32(37)38)30-26-33(39)40/h8-9H,2-7,10-30H2,1H3,(H2-,35,36,37,38,39,40)/b9-8+. The fourth-order valence-corrected chi connectivity index (χ4v) is 5.42. The first-order chi connectivity index (χ1) is 19.3. The van der Waals surface area contributed by atoms with E-state index in [1.54, 1.807) is 0 Å². The van der Waals surface area contributed by atoms with Gasteiger partial charge in [0, 0.05) is 12.4 Å². The van der Waals surface area contributed by atoms with Crippen molar-refractivity contribution in [3.8, 4) is 0 Å². The molecule has 0 atom stereocenters. The maximum absolute atomic E-state index is 11.1. The lowest BCUT2D eigenvalue weighted by molar-refractivity contribution is -0.927. The van der Waals surface area contributed by atoms with Gasteiger partial charge in [-0.1, -0.05) is 109 Å². The molecule has 2 N–H and O–H groups in total. The Morgan fingerprint density at radius 2 is 0.875 bits per heavy atom. The molecule has 0 saturated carbocycles. The highest BCUT2D eigenvalue weighted by Gasteiger charge is 2.28. The molecule has 0 saturated heterocycles. The zero-order chi connectivity index (χ0) is 29.7. The summed E-state index contributed by atoms with van der Waals surface area (Å²) in [7, 11) is 0. The number of carbonyl (C=O) groups is 3. The molecule has 0 radical (unpaired) electrons. The van der Waals surface area contributed by atoms with E-state index in [1.807, 2.05) is 0 Å². The van der Waals surface area contributed by atoms with Crippen molar-refractivity contribution in [3.63, 3.8) is 0 Å². The minimum Gasteiger partial charge on any atom is -0.550 e. The number of allylic oxidation sites excluding steroid dienone is 2. The lowest BCUT2D eigenvalue weighted by atomic mass is 10.0. The third-order valence-corrected chi connectivity index (χ3v) is 8.03. The summed E-state index contributed by atoms with van der Waals surface area (Å²) in [6.45, 7) is 3.61. The van der Waals surface area contributed by atoms with Gasteiger partial charge in [-0.2, -0.15) is 0 Å². The van der Waals surface area contributed by atoms with Crippen LogP contribution >= 0.6 is 0 Å². The number of carboxylic acid groups (broad SMARTS) is 3. The van der Waals surface area contributed by atoms with Crippen LogP contribution in [0.2, 0.25) is 0 Å². The first kappa shape index (κ1) is 38.1. The Kier molecular flexibility index (Phi) is 26.0. The van der Waals surface area contributed by atoms with Crippen molar-refractivity contribution < 1.29 is 34.2 Å². The quantitative estimate of drug-likeness (QED) is 0.0517. The summed E-state index contributed by atoms with van der Waals surface area (Å²) in [5.41, 5.74) is 0. The van der Waals surface area contributed by atoms with E-state index in [4.69, 9.17) is 10.2 Å². The number of quaternary nitrogens is 1. The van der Waals surface area contributed by atoms with Crippen LogP contribution in [0.25, 0.3) is 0 Å². The normalized spacial score (nSPS) is 11.8. The van der Waals surface area contributed by atoms with Crippen LogP contribution in [0, 0.1) is 0 Å². The predicted octanol–water partition coefficient (Wildman–Crippen LogP) is 7.27. The van der Waals surface area contributed by atoms with Gasteiger partial charge in [0.1, 0.15) is 0 Å². The molecule has 234 valence electrons. The number of unbranched alkanes of at least 4 members (excludes halogenated alkanes) is 18. The number of nitrogens with zero attached hydrogens (tertiary/aromatic N) is 1. The van der Waals surface area contributed by atoms with Crippen LogP contribution in [0.3, 0.4) is 0 Å². The number of carbonyl (C=O) groups excluding carboxylic acids is 1. The zero-order valence-electron chi connectivity index (χ0n) is 25.7. The molecule has 0 rings (SSSR count). The SMILES string of the molecule is CCCCCCC/C=C/CCCCCCCCCCCCCCC[N+](CCC(=O)[O-])(CCC(=O)O)CCC(=O)O. The van der Waals surface area contributed by atoms with E-state index in [1.165, 1.54) is 109 Å². The van der Waals surface area contributed by atoms with E-state index in [0.29, 0.717) is 6.54 Å². The van der Waals surface area contributed by atoms with Crippen molar-refractivity contribution >= 4 is 17.9 Å². The Morgan fingerprint density at radius 3 is 1.25 bits per heavy atom. The Morgan fingerprint density at radius 1 is 0.525 bits per heavy atom. The molecule has 0 aromatic heterocycles. The first-order valence-electron chi connectivity index (χ1n) is 16.4. The van der Waals surface area contributed by atoms with E-state index < -0.39 is 17.9 Å². The predicted molar refractivity (Wildman–Crippen MR) is 161 cm³/mol. The topological polar surface area (TPSA) is 115 Å². The van der Waals surface area contributed by atoms with Gasteiger partial charge in [-0.05, 0) is 38.5 Å². The molecule has 0 aliphatic rings. The number of hydrogen-bond acceptors (Lipinski definition) is 4. The number of carboxylic acids is 3. The highest BCUT2D eigenvalue weighted by Crippen LogP contribution is 2.17. The van der Waals surface area contributed by atoms with Gasteiger partial charge in [-0.15, -0.1) is 0 Å². The largest absolute Gasteiger partial charge is 0.550 e. The number of hydrogen-bond donors (Lipinski definition) is 2. The second-order valence-electron chi connectivity index (χ2n) is 11.7. The van der Waals surface area contributed by atoms with Crippen LogP contribution < -0.4 is 5.11 Å². The summed E-state index contributed by atoms with van der Waals surface area (Å²) >= 11 is 0. The zero-order valence-corrected chi connectivity index (χ0v) is 25.7. The van der Waals surface area contributed by atoms with Gasteiger partial charge in [0.25, 0.3) is 0 Å². The summed E-state index contributed by atoms with van der Waals surface area (Å²) in [6.07, 6.45) is 29.6. The van der Waals surface area contributed by atoms with Crippen molar-refractivity contribution in [2.75, 3.05) is 26.2 Å². The average molecular weight is 568 g/mol. The summed E-state index contributed by atoms with van der Waals surface area (Å²) < 4.78 is 0.225. The molecular formula is C33H61NO6. The number of aliphatic carboxylic acids is 3. The van der Waals surface area contributed by atoms with Gasteiger partial charge in [0.05, 0.1) is 39.0 Å². The summed E-state index contributed by atoms with van der Waals surface area (Å²) in [6, 6.07) is 0. The Labute approximate surface area is 245 Å². The minimum atomic E-state index is -1.18. The first-order valence-corrected chi connectivity index (χ1v) is 16.4. The van der Waals surface area contributed by atoms with Crippen LogP contribution in [-0.2, 0) is 14.4 Å². The lowest BCUT2D eigenvalue weighted by Gasteiger charge is -2.38. The Balaban J connectivity index is 3.82. The molecule has 0 aliphatic heterocycles. The maximum atomic E-state index is 11.1. The van der Waals surface area contributed by atoms with Gasteiger partial charge in [0.2, 0.25) is 0 Å². The third kappa shape index (κ3) is 26.3. The van der Waals surface area contributed by atoms with Crippen LogP contribution in [0.4, 0.5) is 0 Å². The minimum absolute atomic E-state index is 0.0939. The fourth-order valence-electron chi connectivity index (χ4n) is 5.42. The highest BCUT2D eigenvalue weighted by molar-refractivity contribution is 5.67. The summed E-state index contributed by atoms with van der Waals surface area (Å²) in [5, 5.41) is 29.3. The smallest absolute Gasteiger partial charge is 0.309 e. The Hall–Kier alpha value is -1.89. The molecule has 0 aromatic rings. The van der Waals surface area contributed by atoms with E-state index in [-0.39, 0.29) is 43.4 Å². The molecule has 0 aromatic carbocycles. The van der Waals surface area contributed by atoms with Gasteiger partial charge < -0.3 is 24.6 Å². The molecule has 7 heteroatoms. The second-order valence-corrected chi connectivity index (χ2v) is 11.7. The van der Waals surface area contributed by atoms with Crippen LogP contribution in [0.1, 0.15) is 155 Å². The van der Waals surface area contributed by atoms with Crippen molar-refractivity contribution in [1.29, 1.82) is 0 Å². The van der Waals surface area contributed by atoms with Crippen molar-refractivity contribution in [2.45, 2.75) is 155 Å². The molecule has 0 bridgehead atoms. The Bertz CT molecular complexity index is 618. The van der Waals surface area contributed by atoms with Crippen molar-refractivity contribution in [2.24, 2.45) is 0 Å². The van der Waals surface area contributed by atoms with Crippen LogP contribution in [-0.4, -0.2) is 58.8 Å². The van der Waals surface area contributed by atoms with E-state index in [0.717, 1.165) is 19.3 Å². The van der Waals surface area contributed by atoms with Gasteiger partial charge in [0.15, 0.2) is 0 Å². The van der Waals surface area contributed by atoms with E-state index >= 15 is 0 Å². The molecule has 40 heavy (non-hydrogen) atoms. The molecule has 0 fully saturated rings. The molecule has 0 aliphatic carbocycles. The molecule has 0 unspecified atom stereocenters. The fraction of sp³-hybridized carbons (Fsp3) is 0.848. The van der Waals surface area contributed by atoms with Crippen molar-refractivity contribution in [3.05, 3.63) is 12.2 Å². The molecule has 0 amide bonds. The highest BCUT2D eigenvalue weighted by atomic mass is 16.4. The van der Waals surface area contributed by atoms with Crippen LogP contribution in [0.15, 0.2) is 12.2 Å². The second kappa shape index (κ2) is 27.3.